The highest BCUT2D eigenvalue weighted by Gasteiger charge is 2.21. The van der Waals surface area contributed by atoms with Crippen molar-refractivity contribution >= 4 is 0 Å². The molecular weight excluding hydrogens is 316 g/mol. The van der Waals surface area contributed by atoms with Crippen LogP contribution in [0.5, 0.6) is 0 Å². The molecule has 0 amide bonds. The fourth-order valence-corrected chi connectivity index (χ4v) is 3.53. The maximum atomic E-state index is 12.3. The van der Waals surface area contributed by atoms with Crippen LogP contribution < -0.4 is 10.9 Å². The van der Waals surface area contributed by atoms with Crippen LogP contribution in [0.3, 0.4) is 0 Å². The number of aryl methyl sites for hydroxylation is 1. The number of hydrogen-bond acceptors (Lipinski definition) is 4. The van der Waals surface area contributed by atoms with Crippen LogP contribution in [-0.4, -0.2) is 20.4 Å². The molecule has 1 aliphatic rings. The van der Waals surface area contributed by atoms with E-state index in [4.69, 9.17) is 4.42 Å². The first kappa shape index (κ1) is 15.9. The van der Waals surface area contributed by atoms with Crippen molar-refractivity contribution in [1.82, 2.24) is 19.7 Å². The molecule has 3 aromatic heterocycles. The summed E-state index contributed by atoms with van der Waals surface area (Å²) in [6.07, 6.45) is 10.1. The Hall–Kier alpha value is -2.60. The number of nitrogens with zero attached hydrogens (tertiary/aromatic N) is 3. The number of pyridine rings is 1. The standard InChI is InChI=1S/C19H22N4O2/c24-19-5-2-16-12-17(20-13-15-6-11-25-14-15)3-4-18(16)23(19)10-9-22-8-1-7-21-22/h1-2,5-8,11,14,17,20H,3-4,9-10,12-13H2. The average Bonchev–Trinajstić information content (AvgIpc) is 3.33. The van der Waals surface area contributed by atoms with Crippen molar-refractivity contribution in [1.29, 1.82) is 0 Å². The predicted molar refractivity (Wildman–Crippen MR) is 94.3 cm³/mol. The SMILES string of the molecule is O=c1ccc2c(n1CCn1cccn1)CCC(NCc1ccoc1)C2. The summed E-state index contributed by atoms with van der Waals surface area (Å²) in [5.41, 5.74) is 3.70. The van der Waals surface area contributed by atoms with Crippen LogP contribution in [0.25, 0.3) is 0 Å². The highest BCUT2D eigenvalue weighted by Crippen LogP contribution is 2.20. The van der Waals surface area contributed by atoms with Crippen LogP contribution in [0.15, 0.2) is 58.4 Å². The molecule has 1 N–H and O–H groups in total. The molecule has 1 aliphatic carbocycles. The molecule has 6 heteroatoms. The fourth-order valence-electron chi connectivity index (χ4n) is 3.53. The van der Waals surface area contributed by atoms with Crippen molar-refractivity contribution in [3.63, 3.8) is 0 Å². The number of aromatic nitrogens is 3. The van der Waals surface area contributed by atoms with Crippen molar-refractivity contribution in [2.75, 3.05) is 0 Å². The Bertz CT molecular complexity index is 865. The minimum absolute atomic E-state index is 0.0794. The molecule has 4 rings (SSSR count). The Balaban J connectivity index is 1.45. The van der Waals surface area contributed by atoms with Gasteiger partial charge in [0, 0.05) is 48.8 Å². The van der Waals surface area contributed by atoms with Crippen LogP contribution in [0, 0.1) is 0 Å². The molecule has 1 unspecified atom stereocenters. The van der Waals surface area contributed by atoms with Crippen molar-refractivity contribution in [2.24, 2.45) is 0 Å². The highest BCUT2D eigenvalue weighted by atomic mass is 16.3. The van der Waals surface area contributed by atoms with E-state index < -0.39 is 0 Å². The topological polar surface area (TPSA) is 65.0 Å². The summed E-state index contributed by atoms with van der Waals surface area (Å²) in [4.78, 5) is 12.3. The van der Waals surface area contributed by atoms with Crippen molar-refractivity contribution in [3.05, 3.63) is 76.4 Å². The number of hydrogen-bond donors (Lipinski definition) is 1. The Morgan fingerprint density at radius 2 is 2.24 bits per heavy atom. The van der Waals surface area contributed by atoms with Gasteiger partial charge in [0.15, 0.2) is 0 Å². The van der Waals surface area contributed by atoms with Crippen molar-refractivity contribution < 1.29 is 4.42 Å². The van der Waals surface area contributed by atoms with Gasteiger partial charge in [-0.25, -0.2) is 0 Å². The summed E-state index contributed by atoms with van der Waals surface area (Å²) in [6, 6.07) is 8.00. The largest absolute Gasteiger partial charge is 0.472 e. The summed E-state index contributed by atoms with van der Waals surface area (Å²) < 4.78 is 8.90. The van der Waals surface area contributed by atoms with Crippen LogP contribution in [0.1, 0.15) is 23.2 Å². The third-order valence-corrected chi connectivity index (χ3v) is 4.87. The Kier molecular flexibility index (Phi) is 4.52. The molecule has 0 spiro atoms. The Labute approximate surface area is 146 Å². The lowest BCUT2D eigenvalue weighted by molar-refractivity contribution is 0.430. The molecule has 0 bridgehead atoms. The van der Waals surface area contributed by atoms with E-state index in [-0.39, 0.29) is 5.56 Å². The molecule has 0 saturated carbocycles. The van der Waals surface area contributed by atoms with E-state index in [1.807, 2.05) is 33.6 Å². The summed E-state index contributed by atoms with van der Waals surface area (Å²) in [5.74, 6) is 0. The van der Waals surface area contributed by atoms with Gasteiger partial charge in [-0.1, -0.05) is 6.07 Å². The maximum Gasteiger partial charge on any atom is 0.250 e. The quantitative estimate of drug-likeness (QED) is 0.746. The minimum Gasteiger partial charge on any atom is -0.472 e. The van der Waals surface area contributed by atoms with E-state index in [2.05, 4.69) is 10.4 Å². The van der Waals surface area contributed by atoms with Crippen molar-refractivity contribution in [3.8, 4) is 0 Å². The molecule has 0 radical (unpaired) electrons. The van der Waals surface area contributed by atoms with E-state index in [0.29, 0.717) is 19.1 Å². The van der Waals surface area contributed by atoms with Crippen LogP contribution in [-0.2, 0) is 32.5 Å². The van der Waals surface area contributed by atoms with E-state index >= 15 is 0 Å². The summed E-state index contributed by atoms with van der Waals surface area (Å²) in [6.45, 7) is 2.19. The van der Waals surface area contributed by atoms with Crippen LogP contribution in [0.2, 0.25) is 0 Å². The van der Waals surface area contributed by atoms with Gasteiger partial charge in [0.1, 0.15) is 0 Å². The molecule has 1 atom stereocenters. The zero-order valence-electron chi connectivity index (χ0n) is 14.1. The molecule has 130 valence electrons. The second kappa shape index (κ2) is 7.11. The molecule has 3 aromatic rings. The molecule has 25 heavy (non-hydrogen) atoms. The van der Waals surface area contributed by atoms with Gasteiger partial charge in [-0.2, -0.15) is 5.10 Å². The van der Waals surface area contributed by atoms with Gasteiger partial charge < -0.3 is 14.3 Å². The minimum atomic E-state index is 0.0794. The Morgan fingerprint density at radius 3 is 3.04 bits per heavy atom. The lowest BCUT2D eigenvalue weighted by Gasteiger charge is -2.27. The van der Waals surface area contributed by atoms with Gasteiger partial charge in [-0.3, -0.25) is 9.48 Å². The average molecular weight is 338 g/mol. The molecule has 6 nitrogen and oxygen atoms in total. The first-order chi connectivity index (χ1) is 12.3. The molecular formula is C19H22N4O2. The van der Waals surface area contributed by atoms with E-state index in [0.717, 1.165) is 31.4 Å². The molecule has 3 heterocycles. The maximum absolute atomic E-state index is 12.3. The first-order valence-corrected chi connectivity index (χ1v) is 8.73. The molecule has 0 aliphatic heterocycles. The second-order valence-corrected chi connectivity index (χ2v) is 6.52. The fraction of sp³-hybridized carbons (Fsp3) is 0.368. The normalized spacial score (nSPS) is 16.7. The smallest absolute Gasteiger partial charge is 0.250 e. The molecule has 0 aromatic carbocycles. The lowest BCUT2D eigenvalue weighted by atomic mass is 9.91. The number of nitrogens with one attached hydrogen (secondary N) is 1. The van der Waals surface area contributed by atoms with E-state index in [1.165, 1.54) is 11.3 Å². The summed E-state index contributed by atoms with van der Waals surface area (Å²) >= 11 is 0. The molecule has 0 fully saturated rings. The number of furan rings is 1. The Morgan fingerprint density at radius 1 is 1.28 bits per heavy atom. The van der Waals surface area contributed by atoms with Gasteiger partial charge in [0.25, 0.3) is 5.56 Å². The first-order valence-electron chi connectivity index (χ1n) is 8.73. The highest BCUT2D eigenvalue weighted by molar-refractivity contribution is 5.25. The number of fused-ring (bicyclic) bond motifs is 1. The third kappa shape index (κ3) is 3.58. The van der Waals surface area contributed by atoms with Gasteiger partial charge in [0.2, 0.25) is 0 Å². The van der Waals surface area contributed by atoms with E-state index in [1.54, 1.807) is 24.8 Å². The van der Waals surface area contributed by atoms with E-state index in [9.17, 15) is 4.79 Å². The zero-order chi connectivity index (χ0) is 17.1. The van der Waals surface area contributed by atoms with Crippen LogP contribution in [0.4, 0.5) is 0 Å². The zero-order valence-corrected chi connectivity index (χ0v) is 14.1. The lowest BCUT2D eigenvalue weighted by Crippen LogP contribution is -2.37. The van der Waals surface area contributed by atoms with Crippen LogP contribution >= 0.6 is 0 Å². The summed E-state index contributed by atoms with van der Waals surface area (Å²) in [5, 5.41) is 7.81. The van der Waals surface area contributed by atoms with Gasteiger partial charge >= 0.3 is 0 Å². The van der Waals surface area contributed by atoms with Crippen molar-refractivity contribution in [2.45, 2.75) is 44.9 Å². The third-order valence-electron chi connectivity index (χ3n) is 4.87. The van der Waals surface area contributed by atoms with Gasteiger partial charge in [0.05, 0.1) is 19.1 Å². The molecule has 0 saturated heterocycles. The predicted octanol–water partition coefficient (Wildman–Crippen LogP) is 1.99. The van der Waals surface area contributed by atoms with Gasteiger partial charge in [-0.05, 0) is 37.0 Å². The second-order valence-electron chi connectivity index (χ2n) is 6.52. The summed E-state index contributed by atoms with van der Waals surface area (Å²) in [7, 11) is 0. The van der Waals surface area contributed by atoms with Gasteiger partial charge in [-0.15, -0.1) is 0 Å². The number of rotatable bonds is 6. The monoisotopic (exact) mass is 338 g/mol.